The van der Waals surface area contributed by atoms with E-state index < -0.39 is 6.04 Å². The van der Waals surface area contributed by atoms with Gasteiger partial charge in [0.25, 0.3) is 0 Å². The van der Waals surface area contributed by atoms with Gasteiger partial charge in [0.2, 0.25) is 17.7 Å². The fourth-order valence-electron chi connectivity index (χ4n) is 8.03. The van der Waals surface area contributed by atoms with Gasteiger partial charge in [-0.2, -0.15) is 0 Å². The molecule has 0 bridgehead atoms. The number of methoxy groups -OCH3 is 2. The lowest BCUT2D eigenvalue weighted by molar-refractivity contribution is -0.140. The van der Waals surface area contributed by atoms with E-state index in [1.807, 2.05) is 98.5 Å². The van der Waals surface area contributed by atoms with Crippen LogP contribution in [0.25, 0.3) is 33.6 Å². The highest BCUT2D eigenvalue weighted by Crippen LogP contribution is 2.42. The number of hydrogen-bond acceptors (Lipinski definition) is 7. The zero-order valence-electron chi connectivity index (χ0n) is 35.1. The van der Waals surface area contributed by atoms with Crippen LogP contribution in [0.4, 0.5) is 5.69 Å². The Morgan fingerprint density at radius 3 is 2.24 bits per heavy atom. The average Bonchev–Trinajstić information content (AvgIpc) is 3.59. The van der Waals surface area contributed by atoms with Gasteiger partial charge in [0.1, 0.15) is 11.8 Å². The summed E-state index contributed by atoms with van der Waals surface area (Å²) in [6.45, 7) is 9.58. The Balaban J connectivity index is 0.986. The Kier molecular flexibility index (Phi) is 14.1. The third kappa shape index (κ3) is 10.4. The van der Waals surface area contributed by atoms with Crippen LogP contribution in [0.3, 0.4) is 0 Å². The summed E-state index contributed by atoms with van der Waals surface area (Å²) in [5, 5.41) is 6.13. The summed E-state index contributed by atoms with van der Waals surface area (Å²) in [4.78, 5) is 46.3. The van der Waals surface area contributed by atoms with Gasteiger partial charge < -0.3 is 29.7 Å². The van der Waals surface area contributed by atoms with Gasteiger partial charge in [-0.1, -0.05) is 77.1 Å². The Hall–Kier alpha value is -5.38. The monoisotopic (exact) mass is 788 g/mol. The Bertz CT molecular complexity index is 2060. The molecule has 3 aromatic carbocycles. The van der Waals surface area contributed by atoms with E-state index in [2.05, 4.69) is 17.6 Å². The van der Waals surface area contributed by atoms with Crippen LogP contribution in [0.1, 0.15) is 97.5 Å². The number of hydrogen-bond donors (Lipinski definition) is 2. The van der Waals surface area contributed by atoms with Crippen molar-refractivity contribution in [3.05, 3.63) is 78.4 Å². The Morgan fingerprint density at radius 2 is 1.55 bits per heavy atom. The summed E-state index contributed by atoms with van der Waals surface area (Å²) in [6, 6.07) is 23.4. The maximum absolute atomic E-state index is 13.3. The molecule has 1 saturated heterocycles. The van der Waals surface area contributed by atoms with Gasteiger partial charge in [-0.25, -0.2) is 4.98 Å². The Morgan fingerprint density at radius 1 is 0.862 bits per heavy atom. The first-order chi connectivity index (χ1) is 28.0. The topological polar surface area (TPSA) is 119 Å². The molecule has 2 aliphatic rings. The van der Waals surface area contributed by atoms with Crippen molar-refractivity contribution < 1.29 is 28.6 Å². The minimum absolute atomic E-state index is 0.0277. The van der Waals surface area contributed by atoms with E-state index in [9.17, 15) is 14.4 Å². The molecule has 3 amide bonds. The van der Waals surface area contributed by atoms with Crippen molar-refractivity contribution in [2.24, 2.45) is 5.41 Å². The number of amides is 3. The van der Waals surface area contributed by atoms with E-state index in [0.29, 0.717) is 24.5 Å². The number of aromatic nitrogens is 1. The average molecular weight is 789 g/mol. The molecule has 4 aromatic rings. The van der Waals surface area contributed by atoms with E-state index in [-0.39, 0.29) is 35.6 Å². The number of para-hydroxylation sites is 1. The number of likely N-dealkylation sites (tertiary alicyclic amines) is 1. The number of anilines is 1. The second kappa shape index (κ2) is 19.4. The first kappa shape index (κ1) is 42.2. The van der Waals surface area contributed by atoms with E-state index in [1.165, 1.54) is 0 Å². The zero-order valence-corrected chi connectivity index (χ0v) is 35.1. The van der Waals surface area contributed by atoms with Crippen molar-refractivity contribution in [3.63, 3.8) is 0 Å². The van der Waals surface area contributed by atoms with Crippen molar-refractivity contribution in [1.29, 1.82) is 0 Å². The summed E-state index contributed by atoms with van der Waals surface area (Å²) in [5.74, 6) is 1.98. The van der Waals surface area contributed by atoms with E-state index in [0.717, 1.165) is 115 Å². The van der Waals surface area contributed by atoms with Crippen LogP contribution < -0.4 is 24.8 Å². The van der Waals surface area contributed by atoms with Crippen LogP contribution >= 0.6 is 0 Å². The van der Waals surface area contributed by atoms with Crippen LogP contribution in [-0.2, 0) is 20.8 Å². The predicted octanol–water partition coefficient (Wildman–Crippen LogP) is 9.64. The van der Waals surface area contributed by atoms with Crippen LogP contribution in [0, 0.1) is 5.41 Å². The molecule has 0 aliphatic carbocycles. The number of unbranched alkanes of at least 4 members (excludes halogenated alkanes) is 6. The van der Waals surface area contributed by atoms with E-state index >= 15 is 0 Å². The molecule has 308 valence electrons. The molecule has 1 fully saturated rings. The Labute approximate surface area is 344 Å². The number of nitrogens with zero attached hydrogens (tertiary/aromatic N) is 2. The van der Waals surface area contributed by atoms with Crippen molar-refractivity contribution in [3.8, 4) is 50.9 Å². The number of fused-ring (bicyclic) bond motifs is 3. The molecule has 2 aliphatic heterocycles. The van der Waals surface area contributed by atoms with Crippen molar-refractivity contribution in [1.82, 2.24) is 15.2 Å². The van der Waals surface area contributed by atoms with Crippen LogP contribution in [-0.4, -0.2) is 67.1 Å². The molecule has 2 N–H and O–H groups in total. The largest absolute Gasteiger partial charge is 0.494 e. The number of carbonyl (C=O) groups is 3. The molecule has 10 nitrogen and oxygen atoms in total. The maximum atomic E-state index is 13.3. The second-order valence-corrected chi connectivity index (χ2v) is 16.7. The van der Waals surface area contributed by atoms with Gasteiger partial charge in [-0.15, -0.1) is 0 Å². The molecule has 58 heavy (non-hydrogen) atoms. The fraction of sp³-hybridized carbons (Fsp3) is 0.458. The molecule has 2 unspecified atom stereocenters. The van der Waals surface area contributed by atoms with Crippen molar-refractivity contribution in [2.45, 2.75) is 110 Å². The number of nitrogens with one attached hydrogen (secondary N) is 2. The summed E-state index contributed by atoms with van der Waals surface area (Å²) < 4.78 is 17.3. The smallest absolute Gasteiger partial charge is 0.245 e. The summed E-state index contributed by atoms with van der Waals surface area (Å²) in [5.41, 5.74) is 6.44. The molecular formula is C48H60N4O6. The number of rotatable bonds is 17. The number of ether oxygens (including phenoxy) is 3. The van der Waals surface area contributed by atoms with Gasteiger partial charge in [0.15, 0.2) is 11.5 Å². The predicted molar refractivity (Wildman–Crippen MR) is 230 cm³/mol. The highest BCUT2D eigenvalue weighted by molar-refractivity contribution is 6.02. The summed E-state index contributed by atoms with van der Waals surface area (Å²) in [7, 11) is 3.23. The number of pyridine rings is 1. The van der Waals surface area contributed by atoms with Crippen LogP contribution in [0.2, 0.25) is 0 Å². The highest BCUT2D eigenvalue weighted by atomic mass is 16.5. The lowest BCUT2D eigenvalue weighted by Gasteiger charge is -2.35. The standard InChI is InChI=1S/C48H60N4O6/c1-32-17-16-27-52(32)47(55)46(48(2,3)4)51-43(53)20-12-10-8-7-9-11-15-28-58-35-24-21-33(22-25-35)40-30-37(34-23-26-41(56-5)42(29-34)57-6)38-31-44(54)49-39-19-14-13-18-36(39)45(38)50-40/h13-14,18-19,21-26,29-30,32,46H,7-12,15-17,20,27-28,31H2,1-6H3,(H,49,54)(H,51,53). The third-order valence-corrected chi connectivity index (χ3v) is 11.3. The van der Waals surface area contributed by atoms with Crippen molar-refractivity contribution >= 4 is 23.4 Å². The molecule has 3 heterocycles. The molecule has 2 atom stereocenters. The minimum Gasteiger partial charge on any atom is -0.494 e. The first-order valence-electron chi connectivity index (χ1n) is 21.0. The molecule has 0 spiro atoms. The quantitative estimate of drug-likeness (QED) is 0.102. The lowest BCUT2D eigenvalue weighted by Crippen LogP contribution is -2.55. The van der Waals surface area contributed by atoms with Crippen LogP contribution in [0.15, 0.2) is 72.8 Å². The second-order valence-electron chi connectivity index (χ2n) is 16.7. The zero-order chi connectivity index (χ0) is 41.2. The van der Waals surface area contributed by atoms with E-state index in [1.54, 1.807) is 14.2 Å². The van der Waals surface area contributed by atoms with Gasteiger partial charge in [0, 0.05) is 30.1 Å². The summed E-state index contributed by atoms with van der Waals surface area (Å²) >= 11 is 0. The SMILES string of the molecule is COc1ccc(-c2cc(-c3ccc(OCCCCCCCCCC(=O)NC(C(=O)N4CCCC4C)C(C)(C)C)cc3)nc3c2CC(=O)Nc2ccccc2-3)cc1OC. The maximum Gasteiger partial charge on any atom is 0.245 e. The van der Waals surface area contributed by atoms with Gasteiger partial charge in [-0.05, 0) is 103 Å². The normalized spacial score (nSPS) is 15.4. The molecule has 6 rings (SSSR count). The van der Waals surface area contributed by atoms with Gasteiger partial charge in [0.05, 0.1) is 44.3 Å². The van der Waals surface area contributed by atoms with Gasteiger partial charge >= 0.3 is 0 Å². The van der Waals surface area contributed by atoms with Crippen molar-refractivity contribution in [2.75, 3.05) is 32.7 Å². The molecular weight excluding hydrogens is 729 g/mol. The van der Waals surface area contributed by atoms with Crippen LogP contribution in [0.5, 0.6) is 17.2 Å². The highest BCUT2D eigenvalue weighted by Gasteiger charge is 2.38. The van der Waals surface area contributed by atoms with Gasteiger partial charge in [-0.3, -0.25) is 14.4 Å². The third-order valence-electron chi connectivity index (χ3n) is 11.3. The first-order valence-corrected chi connectivity index (χ1v) is 21.0. The summed E-state index contributed by atoms with van der Waals surface area (Å²) in [6.07, 6.45) is 9.92. The minimum atomic E-state index is -0.494. The fourth-order valence-corrected chi connectivity index (χ4v) is 8.03. The molecule has 10 heteroatoms. The molecule has 0 radical (unpaired) electrons. The number of carbonyl (C=O) groups excluding carboxylic acids is 3. The lowest BCUT2D eigenvalue weighted by atomic mass is 9.85. The van der Waals surface area contributed by atoms with E-state index in [4.69, 9.17) is 19.2 Å². The molecule has 1 aromatic heterocycles. The number of benzene rings is 3. The molecule has 0 saturated carbocycles.